The molecule has 0 saturated heterocycles. The van der Waals surface area contributed by atoms with Crippen molar-refractivity contribution in [2.75, 3.05) is 5.09 Å². The van der Waals surface area contributed by atoms with E-state index in [1.54, 1.807) is 11.6 Å². The van der Waals surface area contributed by atoms with E-state index in [-0.39, 0.29) is 5.41 Å². The van der Waals surface area contributed by atoms with Crippen LogP contribution in [0.15, 0.2) is 96.6 Å². The van der Waals surface area contributed by atoms with Gasteiger partial charge in [-0.15, -0.1) is 0 Å². The lowest BCUT2D eigenvalue weighted by Gasteiger charge is -2.20. The highest BCUT2D eigenvalue weighted by atomic mass is 35.5. The molecule has 0 spiro atoms. The van der Waals surface area contributed by atoms with Crippen molar-refractivity contribution in [1.82, 2.24) is 0 Å². The molecule has 3 rings (SSSR count). The van der Waals surface area contributed by atoms with Gasteiger partial charge in [-0.1, -0.05) is 117 Å². The van der Waals surface area contributed by atoms with Gasteiger partial charge in [-0.25, -0.2) is 0 Å². The van der Waals surface area contributed by atoms with E-state index in [0.29, 0.717) is 10.1 Å². The maximum atomic E-state index is 14.0. The van der Waals surface area contributed by atoms with E-state index in [0.717, 1.165) is 16.8 Å². The fourth-order valence-electron chi connectivity index (χ4n) is 3.03. The van der Waals surface area contributed by atoms with Gasteiger partial charge in [-0.3, -0.25) is 4.57 Å². The predicted octanol–water partition coefficient (Wildman–Crippen LogP) is 9.15. The Morgan fingerprint density at radius 1 is 0.742 bits per heavy atom. The number of hydrogen-bond donors (Lipinski definition) is 1. The zero-order valence-corrected chi connectivity index (χ0v) is 20.3. The van der Waals surface area contributed by atoms with Gasteiger partial charge in [-0.2, -0.15) is 0 Å². The standard InChI is InChI=1S/C26H26Cl2NOP/c1-26(2,3)22-14-16-23(17-15-22)29-31(30,18-24(27)20-10-6-4-7-11-20)19-25(28)21-12-8-5-9-13-21/h4-19H,1-3H3,(H,29,30)/b24-18-,25-19-. The van der Waals surface area contributed by atoms with Crippen molar-refractivity contribution in [3.8, 4) is 0 Å². The molecule has 0 radical (unpaired) electrons. The Labute approximate surface area is 195 Å². The average molecular weight is 470 g/mol. The zero-order valence-electron chi connectivity index (χ0n) is 17.8. The largest absolute Gasteiger partial charge is 0.330 e. The number of hydrogen-bond acceptors (Lipinski definition) is 1. The van der Waals surface area contributed by atoms with Crippen molar-refractivity contribution in [3.63, 3.8) is 0 Å². The average Bonchev–Trinajstić information content (AvgIpc) is 2.74. The van der Waals surface area contributed by atoms with Crippen molar-refractivity contribution in [2.45, 2.75) is 26.2 Å². The molecular formula is C26H26Cl2NOP. The Bertz CT molecular complexity index is 1060. The summed E-state index contributed by atoms with van der Waals surface area (Å²) in [5.41, 5.74) is 3.55. The summed E-state index contributed by atoms with van der Waals surface area (Å²) >= 11 is 13.1. The van der Waals surface area contributed by atoms with Crippen LogP contribution in [-0.2, 0) is 9.98 Å². The Hall–Kier alpha value is -2.25. The van der Waals surface area contributed by atoms with E-state index in [4.69, 9.17) is 23.2 Å². The minimum absolute atomic E-state index is 0.0370. The highest BCUT2D eigenvalue weighted by molar-refractivity contribution is 7.72. The lowest BCUT2D eigenvalue weighted by molar-refractivity contribution is 0.589. The van der Waals surface area contributed by atoms with Gasteiger partial charge in [0.2, 0.25) is 7.29 Å². The van der Waals surface area contributed by atoms with Crippen LogP contribution in [0, 0.1) is 0 Å². The summed E-state index contributed by atoms with van der Waals surface area (Å²) in [6.07, 6.45) is 0. The molecule has 0 aliphatic carbocycles. The molecule has 0 saturated carbocycles. The lowest BCUT2D eigenvalue weighted by Crippen LogP contribution is -2.10. The molecule has 0 atom stereocenters. The van der Waals surface area contributed by atoms with Crippen LogP contribution in [0.4, 0.5) is 5.69 Å². The molecule has 0 aliphatic heterocycles. The third kappa shape index (κ3) is 6.61. The Morgan fingerprint density at radius 2 is 1.16 bits per heavy atom. The SMILES string of the molecule is CC(C)(C)c1ccc(NP(=O)(/C=C(\Cl)c2ccccc2)/C=C(\Cl)c2ccccc2)cc1. The topological polar surface area (TPSA) is 29.1 Å². The molecule has 0 heterocycles. The van der Waals surface area contributed by atoms with E-state index < -0.39 is 7.29 Å². The molecule has 160 valence electrons. The first-order valence-corrected chi connectivity index (χ1v) is 12.6. The van der Waals surface area contributed by atoms with Crippen molar-refractivity contribution in [2.24, 2.45) is 0 Å². The molecule has 0 fully saturated rings. The third-order valence-electron chi connectivity index (χ3n) is 4.76. The van der Waals surface area contributed by atoms with Crippen LogP contribution in [0.25, 0.3) is 10.1 Å². The third-order valence-corrected chi connectivity index (χ3v) is 7.61. The monoisotopic (exact) mass is 469 g/mol. The smallest absolute Gasteiger partial charge is 0.216 e. The molecule has 31 heavy (non-hydrogen) atoms. The summed E-state index contributed by atoms with van der Waals surface area (Å²) in [6, 6.07) is 26.8. The molecule has 0 aliphatic rings. The molecule has 5 heteroatoms. The highest BCUT2D eigenvalue weighted by Gasteiger charge is 2.20. The van der Waals surface area contributed by atoms with Crippen LogP contribution in [-0.4, -0.2) is 0 Å². The quantitative estimate of drug-likeness (QED) is 0.364. The predicted molar refractivity (Wildman–Crippen MR) is 137 cm³/mol. The van der Waals surface area contributed by atoms with E-state index in [1.165, 1.54) is 5.56 Å². The molecule has 0 aromatic heterocycles. The van der Waals surface area contributed by atoms with Crippen LogP contribution in [0.2, 0.25) is 0 Å². The normalized spacial score (nSPS) is 13.2. The first kappa shape index (κ1) is 23.4. The summed E-state index contributed by atoms with van der Waals surface area (Å²) in [7, 11) is -3.28. The van der Waals surface area contributed by atoms with Crippen molar-refractivity contribution >= 4 is 46.2 Å². The first-order chi connectivity index (χ1) is 14.7. The Balaban J connectivity index is 2.01. The van der Waals surface area contributed by atoms with Gasteiger partial charge in [0.25, 0.3) is 0 Å². The summed E-state index contributed by atoms with van der Waals surface area (Å²) in [6.45, 7) is 6.47. The van der Waals surface area contributed by atoms with Gasteiger partial charge in [0, 0.05) is 17.3 Å². The molecule has 3 aromatic carbocycles. The van der Waals surface area contributed by atoms with Gasteiger partial charge < -0.3 is 5.09 Å². The number of anilines is 1. The molecule has 3 aromatic rings. The van der Waals surface area contributed by atoms with Crippen LogP contribution in [0.3, 0.4) is 0 Å². The van der Waals surface area contributed by atoms with Gasteiger partial charge in [-0.05, 0) is 34.2 Å². The molecule has 1 N–H and O–H groups in total. The van der Waals surface area contributed by atoms with Crippen LogP contribution >= 0.6 is 30.5 Å². The molecular weight excluding hydrogens is 444 g/mol. The van der Waals surface area contributed by atoms with Gasteiger partial charge in [0.1, 0.15) is 0 Å². The number of halogens is 2. The van der Waals surface area contributed by atoms with E-state index >= 15 is 0 Å². The second-order valence-corrected chi connectivity index (χ2v) is 11.3. The van der Waals surface area contributed by atoms with Gasteiger partial charge >= 0.3 is 0 Å². The summed E-state index contributed by atoms with van der Waals surface area (Å²) < 4.78 is 14.0. The second kappa shape index (κ2) is 9.92. The van der Waals surface area contributed by atoms with Crippen LogP contribution in [0.5, 0.6) is 0 Å². The number of nitrogens with one attached hydrogen (secondary N) is 1. The summed E-state index contributed by atoms with van der Waals surface area (Å²) in [4.78, 5) is 0. The van der Waals surface area contributed by atoms with Crippen molar-refractivity contribution < 1.29 is 4.57 Å². The fourth-order valence-corrected chi connectivity index (χ4v) is 5.88. The maximum Gasteiger partial charge on any atom is 0.216 e. The van der Waals surface area contributed by atoms with Crippen LogP contribution < -0.4 is 5.09 Å². The second-order valence-electron chi connectivity index (χ2n) is 8.33. The Kier molecular flexibility index (Phi) is 7.49. The first-order valence-electron chi connectivity index (χ1n) is 10.0. The fraction of sp³-hybridized carbons (Fsp3) is 0.154. The van der Waals surface area contributed by atoms with Crippen molar-refractivity contribution in [3.05, 3.63) is 113 Å². The minimum Gasteiger partial charge on any atom is -0.330 e. The van der Waals surface area contributed by atoms with Gasteiger partial charge in [0.05, 0.1) is 10.1 Å². The molecule has 0 bridgehead atoms. The minimum atomic E-state index is -3.28. The summed E-state index contributed by atoms with van der Waals surface area (Å²) in [5.74, 6) is 3.12. The molecule has 0 amide bonds. The van der Waals surface area contributed by atoms with E-state index in [2.05, 4.69) is 25.9 Å². The van der Waals surface area contributed by atoms with E-state index in [9.17, 15) is 4.57 Å². The van der Waals surface area contributed by atoms with Gasteiger partial charge in [0.15, 0.2) is 0 Å². The van der Waals surface area contributed by atoms with E-state index in [1.807, 2.05) is 84.9 Å². The number of benzene rings is 3. The van der Waals surface area contributed by atoms with Crippen LogP contribution in [0.1, 0.15) is 37.5 Å². The highest BCUT2D eigenvalue weighted by Crippen LogP contribution is 2.53. The molecule has 2 nitrogen and oxygen atoms in total. The lowest BCUT2D eigenvalue weighted by atomic mass is 9.87. The molecule has 0 unspecified atom stereocenters. The maximum absolute atomic E-state index is 14.0. The zero-order chi connectivity index (χ0) is 22.5. The van der Waals surface area contributed by atoms with Crippen molar-refractivity contribution in [1.29, 1.82) is 0 Å². The summed E-state index contributed by atoms with van der Waals surface area (Å²) in [5, 5.41) is 3.97. The Morgan fingerprint density at radius 3 is 1.55 bits per heavy atom. The number of rotatable bonds is 6.